The topological polar surface area (TPSA) is 46.2 Å². The van der Waals surface area contributed by atoms with Crippen LogP contribution >= 0.6 is 7.26 Å². The molecule has 0 fully saturated rings. The fraction of sp³-hybridized carbons (Fsp3) is 1.00. The molecule has 0 atom stereocenters. The van der Waals surface area contributed by atoms with E-state index < -0.39 is 30.0 Å². The van der Waals surface area contributed by atoms with E-state index in [1.54, 1.807) is 4.72 Å². The molecule has 3 nitrogen and oxygen atoms in total. The average Bonchev–Trinajstić information content (AvgIpc) is 2.23. The second-order valence-corrected chi connectivity index (χ2v) is 11.1. The van der Waals surface area contributed by atoms with E-state index in [2.05, 4.69) is 0 Å². The van der Waals surface area contributed by atoms with Gasteiger partial charge in [-0.1, -0.05) is 0 Å². The van der Waals surface area contributed by atoms with Gasteiger partial charge in [-0.15, -0.1) is 0 Å². The van der Waals surface area contributed by atoms with Crippen LogP contribution in [0.4, 0.5) is 13.2 Å². The molecule has 0 saturated heterocycles. The highest BCUT2D eigenvalue weighted by atomic mass is 32.2. The normalized spacial score (nSPS) is 14.0. The Hall–Kier alpha value is 0.130. The van der Waals surface area contributed by atoms with Crippen molar-refractivity contribution in [2.24, 2.45) is 0 Å². The first kappa shape index (κ1) is 17.1. The summed E-state index contributed by atoms with van der Waals surface area (Å²) in [5, 5.41) is 0. The Morgan fingerprint density at radius 3 is 1.76 bits per heavy atom. The van der Waals surface area contributed by atoms with E-state index in [-0.39, 0.29) is 5.49 Å². The van der Waals surface area contributed by atoms with Gasteiger partial charge in [-0.25, -0.2) is 13.1 Å². The third kappa shape index (κ3) is 6.58. The van der Waals surface area contributed by atoms with Crippen molar-refractivity contribution >= 4 is 17.3 Å². The first-order chi connectivity index (χ1) is 7.60. The second kappa shape index (κ2) is 6.34. The summed E-state index contributed by atoms with van der Waals surface area (Å²) in [6, 6.07) is 0. The van der Waals surface area contributed by atoms with Gasteiger partial charge in [-0.3, -0.25) is 0 Å². The molecule has 0 unspecified atom stereocenters. The SMILES string of the molecule is CC[P+](CC)(CC)CS(=O)(=O)NCC(F)(F)F. The predicted octanol–water partition coefficient (Wildman–Crippen LogP) is 2.50. The monoisotopic (exact) mass is 294 g/mol. The Labute approximate surface area is 102 Å². The lowest BCUT2D eigenvalue weighted by Gasteiger charge is -2.23. The van der Waals surface area contributed by atoms with Crippen LogP contribution in [0.2, 0.25) is 0 Å². The minimum atomic E-state index is -4.50. The zero-order valence-corrected chi connectivity index (χ0v) is 12.1. The minimum absolute atomic E-state index is 0.139. The number of halogens is 3. The first-order valence-corrected chi connectivity index (χ1v) is 9.67. The summed E-state index contributed by atoms with van der Waals surface area (Å²) >= 11 is 0. The van der Waals surface area contributed by atoms with Gasteiger partial charge >= 0.3 is 6.18 Å². The van der Waals surface area contributed by atoms with Crippen LogP contribution < -0.4 is 4.72 Å². The third-order valence-electron chi connectivity index (χ3n) is 2.95. The van der Waals surface area contributed by atoms with E-state index in [0.717, 1.165) is 18.5 Å². The fourth-order valence-electron chi connectivity index (χ4n) is 1.54. The van der Waals surface area contributed by atoms with E-state index in [4.69, 9.17) is 0 Å². The van der Waals surface area contributed by atoms with E-state index in [1.807, 2.05) is 20.8 Å². The summed E-state index contributed by atoms with van der Waals surface area (Å²) in [7, 11) is -5.49. The molecular weight excluding hydrogens is 274 g/mol. The molecule has 0 aromatic rings. The Bertz CT molecular complexity index is 317. The fourth-order valence-corrected chi connectivity index (χ4v) is 8.71. The van der Waals surface area contributed by atoms with Crippen LogP contribution in [0.25, 0.3) is 0 Å². The van der Waals surface area contributed by atoms with Gasteiger partial charge < -0.3 is 0 Å². The third-order valence-corrected chi connectivity index (χ3v) is 11.1. The van der Waals surface area contributed by atoms with Crippen molar-refractivity contribution in [3.8, 4) is 0 Å². The second-order valence-electron chi connectivity index (χ2n) is 3.97. The number of hydrogen-bond donors (Lipinski definition) is 1. The first-order valence-electron chi connectivity index (χ1n) is 5.49. The Morgan fingerprint density at radius 1 is 1.06 bits per heavy atom. The van der Waals surface area contributed by atoms with Crippen LogP contribution in [0.3, 0.4) is 0 Å². The number of nitrogens with one attached hydrogen (secondary N) is 1. The maximum Gasteiger partial charge on any atom is 0.402 e. The number of hydrogen-bond acceptors (Lipinski definition) is 2. The molecule has 0 rings (SSSR count). The van der Waals surface area contributed by atoms with E-state index in [0.29, 0.717) is 0 Å². The van der Waals surface area contributed by atoms with Crippen LogP contribution in [-0.4, -0.2) is 45.1 Å². The molecule has 0 amide bonds. The molecule has 0 bridgehead atoms. The molecule has 0 aromatic carbocycles. The van der Waals surface area contributed by atoms with E-state index in [1.165, 1.54) is 0 Å². The van der Waals surface area contributed by atoms with Gasteiger partial charge in [0.15, 0.2) is 5.49 Å². The lowest BCUT2D eigenvalue weighted by molar-refractivity contribution is -0.121. The molecule has 1 N–H and O–H groups in total. The Kier molecular flexibility index (Phi) is 6.39. The van der Waals surface area contributed by atoms with Crippen LogP contribution in [0, 0.1) is 0 Å². The summed E-state index contributed by atoms with van der Waals surface area (Å²) in [5.41, 5.74) is -0.139. The number of rotatable bonds is 7. The molecular formula is C9H20F3NO2PS+. The average molecular weight is 294 g/mol. The summed E-state index contributed by atoms with van der Waals surface area (Å²) in [6.07, 6.45) is -2.27. The highest BCUT2D eigenvalue weighted by molar-refractivity contribution is 8.00. The quantitative estimate of drug-likeness (QED) is 0.733. The van der Waals surface area contributed by atoms with Crippen LogP contribution in [-0.2, 0) is 10.0 Å². The van der Waals surface area contributed by atoms with Gasteiger partial charge in [0.05, 0.1) is 18.5 Å². The summed E-state index contributed by atoms with van der Waals surface area (Å²) in [5.74, 6) is 0. The largest absolute Gasteiger partial charge is 0.402 e. The molecule has 0 aromatic heterocycles. The van der Waals surface area contributed by atoms with Crippen molar-refractivity contribution in [1.29, 1.82) is 0 Å². The van der Waals surface area contributed by atoms with Crippen molar-refractivity contribution in [3.63, 3.8) is 0 Å². The van der Waals surface area contributed by atoms with Crippen molar-refractivity contribution in [2.75, 3.05) is 30.5 Å². The lowest BCUT2D eigenvalue weighted by atomic mass is 10.7. The van der Waals surface area contributed by atoms with Gasteiger partial charge in [-0.05, 0) is 20.8 Å². The molecule has 8 heteroatoms. The number of sulfonamides is 1. The van der Waals surface area contributed by atoms with Crippen molar-refractivity contribution in [1.82, 2.24) is 4.72 Å². The maximum atomic E-state index is 11.9. The van der Waals surface area contributed by atoms with Gasteiger partial charge in [0.1, 0.15) is 6.54 Å². The zero-order chi connectivity index (χ0) is 13.7. The number of alkyl halides is 3. The lowest BCUT2D eigenvalue weighted by Crippen LogP contribution is -2.36. The molecule has 0 aliphatic rings. The summed E-state index contributed by atoms with van der Waals surface area (Å²) in [6.45, 7) is 4.23. The minimum Gasteiger partial charge on any atom is -0.209 e. The van der Waals surface area contributed by atoms with Gasteiger partial charge in [-0.2, -0.15) is 13.2 Å². The molecule has 104 valence electrons. The molecule has 17 heavy (non-hydrogen) atoms. The highest BCUT2D eigenvalue weighted by Gasteiger charge is 2.38. The standard InChI is InChI=1S/C9H20F3NO2PS/c1-4-16(5-2,6-3)8-17(14,15)13-7-9(10,11)12/h13H,4-8H2,1-3H3/q+1. The van der Waals surface area contributed by atoms with Gasteiger partial charge in [0.2, 0.25) is 10.0 Å². The highest BCUT2D eigenvalue weighted by Crippen LogP contribution is 2.58. The van der Waals surface area contributed by atoms with Gasteiger partial charge in [0.25, 0.3) is 0 Å². The summed E-state index contributed by atoms with van der Waals surface area (Å²) < 4.78 is 60.6. The van der Waals surface area contributed by atoms with Crippen LogP contribution in [0.1, 0.15) is 20.8 Å². The van der Waals surface area contributed by atoms with Crippen molar-refractivity contribution in [3.05, 3.63) is 0 Å². The molecule has 0 saturated carbocycles. The Balaban J connectivity index is 4.63. The van der Waals surface area contributed by atoms with Crippen molar-refractivity contribution in [2.45, 2.75) is 26.9 Å². The molecule has 0 aliphatic heterocycles. The van der Waals surface area contributed by atoms with Crippen molar-refractivity contribution < 1.29 is 21.6 Å². The molecule has 0 aliphatic carbocycles. The molecule has 0 spiro atoms. The van der Waals surface area contributed by atoms with Crippen LogP contribution in [0.15, 0.2) is 0 Å². The molecule has 0 radical (unpaired) electrons. The smallest absolute Gasteiger partial charge is 0.209 e. The van der Waals surface area contributed by atoms with Crippen LogP contribution in [0.5, 0.6) is 0 Å². The van der Waals surface area contributed by atoms with Gasteiger partial charge in [0, 0.05) is 7.26 Å². The molecule has 0 heterocycles. The van der Waals surface area contributed by atoms with E-state index >= 15 is 0 Å². The maximum absolute atomic E-state index is 11.9. The summed E-state index contributed by atoms with van der Waals surface area (Å²) in [4.78, 5) is 0. The van der Waals surface area contributed by atoms with E-state index in [9.17, 15) is 21.6 Å². The Morgan fingerprint density at radius 2 is 1.47 bits per heavy atom. The zero-order valence-electron chi connectivity index (χ0n) is 10.3. The predicted molar refractivity (Wildman–Crippen MR) is 66.4 cm³/mol.